The lowest BCUT2D eigenvalue weighted by atomic mass is 10.2. The van der Waals surface area contributed by atoms with Gasteiger partial charge in [-0.3, -0.25) is 0 Å². The summed E-state index contributed by atoms with van der Waals surface area (Å²) in [5.41, 5.74) is 2.29. The molecule has 0 aliphatic rings. The molecule has 0 fully saturated rings. The first-order valence-corrected chi connectivity index (χ1v) is 4.21. The maximum atomic E-state index is 4.35. The molecule has 0 aromatic carbocycles. The molecule has 1 N–H and O–H groups in total. The Morgan fingerprint density at radius 1 is 1.25 bits per heavy atom. The van der Waals surface area contributed by atoms with Crippen LogP contribution < -0.4 is 5.32 Å². The minimum Gasteiger partial charge on any atom is -0.373 e. The second-order valence-corrected chi connectivity index (χ2v) is 2.79. The van der Waals surface area contributed by atoms with E-state index in [-0.39, 0.29) is 0 Å². The Bertz CT molecular complexity index is 256. The first-order chi connectivity index (χ1) is 5.69. The molecule has 3 nitrogen and oxygen atoms in total. The standard InChI is InChI=1S/C9H15N3/c1-5-8-6(2)9(10-4)12-7(3)11-8/h5H2,1-4H3,(H,10,11,12). The Kier molecular flexibility index (Phi) is 2.63. The Morgan fingerprint density at radius 2 is 1.92 bits per heavy atom. The smallest absolute Gasteiger partial charge is 0.132 e. The Balaban J connectivity index is 3.22. The van der Waals surface area contributed by atoms with E-state index in [0.29, 0.717) is 0 Å². The van der Waals surface area contributed by atoms with Crippen LogP contribution in [0.25, 0.3) is 0 Å². The van der Waals surface area contributed by atoms with Crippen molar-refractivity contribution in [3.05, 3.63) is 17.1 Å². The van der Waals surface area contributed by atoms with E-state index in [0.717, 1.165) is 29.3 Å². The van der Waals surface area contributed by atoms with Gasteiger partial charge in [0.1, 0.15) is 11.6 Å². The van der Waals surface area contributed by atoms with Crippen LogP contribution in [-0.2, 0) is 6.42 Å². The van der Waals surface area contributed by atoms with Crippen LogP contribution >= 0.6 is 0 Å². The SMILES string of the molecule is CCc1nc(C)nc(NC)c1C. The van der Waals surface area contributed by atoms with Gasteiger partial charge in [-0.15, -0.1) is 0 Å². The van der Waals surface area contributed by atoms with Crippen LogP contribution in [0.15, 0.2) is 0 Å². The van der Waals surface area contributed by atoms with Gasteiger partial charge in [0.25, 0.3) is 0 Å². The normalized spacial score (nSPS) is 10.0. The fourth-order valence-electron chi connectivity index (χ4n) is 1.27. The molecule has 12 heavy (non-hydrogen) atoms. The summed E-state index contributed by atoms with van der Waals surface area (Å²) in [6.45, 7) is 6.07. The van der Waals surface area contributed by atoms with Crippen molar-refractivity contribution in [1.82, 2.24) is 9.97 Å². The van der Waals surface area contributed by atoms with Crippen LogP contribution in [0, 0.1) is 13.8 Å². The Hall–Kier alpha value is -1.12. The van der Waals surface area contributed by atoms with E-state index in [1.807, 2.05) is 20.9 Å². The minimum atomic E-state index is 0.835. The number of aromatic nitrogens is 2. The molecule has 1 rings (SSSR count). The molecule has 1 heterocycles. The molecule has 0 saturated carbocycles. The average Bonchev–Trinajstić information content (AvgIpc) is 2.08. The van der Waals surface area contributed by atoms with E-state index in [9.17, 15) is 0 Å². The third-order valence-corrected chi connectivity index (χ3v) is 1.93. The number of aryl methyl sites for hydroxylation is 2. The van der Waals surface area contributed by atoms with E-state index in [2.05, 4.69) is 22.2 Å². The predicted molar refractivity (Wildman–Crippen MR) is 50.4 cm³/mol. The lowest BCUT2D eigenvalue weighted by Gasteiger charge is -2.08. The molecular weight excluding hydrogens is 150 g/mol. The van der Waals surface area contributed by atoms with Crippen LogP contribution in [0.3, 0.4) is 0 Å². The molecule has 1 aromatic rings. The third-order valence-electron chi connectivity index (χ3n) is 1.93. The van der Waals surface area contributed by atoms with Gasteiger partial charge in [0.05, 0.1) is 0 Å². The van der Waals surface area contributed by atoms with Crippen molar-refractivity contribution in [3.63, 3.8) is 0 Å². The van der Waals surface area contributed by atoms with Crippen molar-refractivity contribution in [2.75, 3.05) is 12.4 Å². The molecule has 0 amide bonds. The molecule has 0 radical (unpaired) electrons. The summed E-state index contributed by atoms with van der Waals surface area (Å²) in [6.07, 6.45) is 0.962. The summed E-state index contributed by atoms with van der Waals surface area (Å²) >= 11 is 0. The zero-order valence-electron chi connectivity index (χ0n) is 8.10. The molecule has 1 aromatic heterocycles. The predicted octanol–water partition coefficient (Wildman–Crippen LogP) is 1.70. The molecule has 66 valence electrons. The van der Waals surface area contributed by atoms with Gasteiger partial charge >= 0.3 is 0 Å². The van der Waals surface area contributed by atoms with Crippen LogP contribution in [0.5, 0.6) is 0 Å². The lowest BCUT2D eigenvalue weighted by Crippen LogP contribution is -2.04. The summed E-state index contributed by atoms with van der Waals surface area (Å²) in [6, 6.07) is 0. The summed E-state index contributed by atoms with van der Waals surface area (Å²) < 4.78 is 0. The Labute approximate surface area is 73.2 Å². The summed E-state index contributed by atoms with van der Waals surface area (Å²) in [7, 11) is 1.88. The maximum Gasteiger partial charge on any atom is 0.132 e. The number of hydrogen-bond donors (Lipinski definition) is 1. The molecule has 0 unspecified atom stereocenters. The van der Waals surface area contributed by atoms with Gasteiger partial charge in [0.15, 0.2) is 0 Å². The van der Waals surface area contributed by atoms with Crippen LogP contribution in [0.2, 0.25) is 0 Å². The van der Waals surface area contributed by atoms with Crippen molar-refractivity contribution in [2.45, 2.75) is 27.2 Å². The maximum absolute atomic E-state index is 4.35. The lowest BCUT2D eigenvalue weighted by molar-refractivity contribution is 0.928. The summed E-state index contributed by atoms with van der Waals surface area (Å²) in [5, 5.41) is 3.06. The fourth-order valence-corrected chi connectivity index (χ4v) is 1.27. The highest BCUT2D eigenvalue weighted by Gasteiger charge is 2.04. The van der Waals surface area contributed by atoms with E-state index < -0.39 is 0 Å². The number of hydrogen-bond acceptors (Lipinski definition) is 3. The minimum absolute atomic E-state index is 0.835. The quantitative estimate of drug-likeness (QED) is 0.724. The number of rotatable bonds is 2. The topological polar surface area (TPSA) is 37.8 Å². The molecule has 3 heteroatoms. The molecule has 0 spiro atoms. The van der Waals surface area contributed by atoms with Crippen LogP contribution in [0.1, 0.15) is 24.0 Å². The highest BCUT2D eigenvalue weighted by Crippen LogP contribution is 2.14. The third kappa shape index (κ3) is 1.55. The zero-order valence-corrected chi connectivity index (χ0v) is 8.10. The van der Waals surface area contributed by atoms with Crippen molar-refractivity contribution >= 4 is 5.82 Å². The van der Waals surface area contributed by atoms with Gasteiger partial charge in [-0.05, 0) is 20.3 Å². The second-order valence-electron chi connectivity index (χ2n) is 2.79. The summed E-state index contributed by atoms with van der Waals surface area (Å²) in [5.74, 6) is 1.78. The zero-order chi connectivity index (χ0) is 9.14. The first kappa shape index (κ1) is 8.97. The highest BCUT2D eigenvalue weighted by atomic mass is 15.0. The van der Waals surface area contributed by atoms with Gasteiger partial charge in [-0.2, -0.15) is 0 Å². The molecule has 0 aliphatic heterocycles. The van der Waals surface area contributed by atoms with Crippen LogP contribution in [0.4, 0.5) is 5.82 Å². The van der Waals surface area contributed by atoms with Crippen molar-refractivity contribution in [2.24, 2.45) is 0 Å². The van der Waals surface area contributed by atoms with E-state index in [1.54, 1.807) is 0 Å². The van der Waals surface area contributed by atoms with Gasteiger partial charge < -0.3 is 5.32 Å². The van der Waals surface area contributed by atoms with Gasteiger partial charge in [-0.1, -0.05) is 6.92 Å². The second kappa shape index (κ2) is 3.52. The van der Waals surface area contributed by atoms with Gasteiger partial charge in [0.2, 0.25) is 0 Å². The average molecular weight is 165 g/mol. The van der Waals surface area contributed by atoms with E-state index in [4.69, 9.17) is 0 Å². The van der Waals surface area contributed by atoms with Crippen molar-refractivity contribution in [3.8, 4) is 0 Å². The van der Waals surface area contributed by atoms with Gasteiger partial charge in [-0.25, -0.2) is 9.97 Å². The van der Waals surface area contributed by atoms with Gasteiger partial charge in [0, 0.05) is 18.3 Å². The van der Waals surface area contributed by atoms with Crippen LogP contribution in [-0.4, -0.2) is 17.0 Å². The van der Waals surface area contributed by atoms with E-state index in [1.165, 1.54) is 0 Å². The number of nitrogens with zero attached hydrogens (tertiary/aromatic N) is 2. The Morgan fingerprint density at radius 3 is 2.42 bits per heavy atom. The molecule has 0 aliphatic carbocycles. The number of anilines is 1. The fraction of sp³-hybridized carbons (Fsp3) is 0.556. The monoisotopic (exact) mass is 165 g/mol. The molecule has 0 atom stereocenters. The first-order valence-electron chi connectivity index (χ1n) is 4.21. The van der Waals surface area contributed by atoms with E-state index >= 15 is 0 Å². The molecule has 0 bridgehead atoms. The largest absolute Gasteiger partial charge is 0.373 e. The summed E-state index contributed by atoms with van der Waals surface area (Å²) in [4.78, 5) is 8.63. The van der Waals surface area contributed by atoms with Crippen molar-refractivity contribution < 1.29 is 0 Å². The van der Waals surface area contributed by atoms with Crippen molar-refractivity contribution in [1.29, 1.82) is 0 Å². The highest BCUT2D eigenvalue weighted by molar-refractivity contribution is 5.45. The molecule has 0 saturated heterocycles. The molecular formula is C9H15N3. The number of nitrogens with one attached hydrogen (secondary N) is 1.